The number of carbonyl (C=O) groups is 3. The molecule has 0 unspecified atom stereocenters. The Kier molecular flexibility index (Phi) is 4.35. The third-order valence-electron chi connectivity index (χ3n) is 5.50. The molecule has 0 bridgehead atoms. The molecule has 7 heteroatoms. The first kappa shape index (κ1) is 18.2. The summed E-state index contributed by atoms with van der Waals surface area (Å²) in [7, 11) is 0. The van der Waals surface area contributed by atoms with E-state index in [-0.39, 0.29) is 30.7 Å². The number of para-hydroxylation sites is 1. The molecule has 0 saturated heterocycles. The molecule has 1 atom stereocenters. The molecule has 2 aliphatic rings. The van der Waals surface area contributed by atoms with Crippen molar-refractivity contribution in [3.8, 4) is 0 Å². The summed E-state index contributed by atoms with van der Waals surface area (Å²) in [5.41, 5.74) is 2.43. The highest BCUT2D eigenvalue weighted by Crippen LogP contribution is 2.45. The van der Waals surface area contributed by atoms with Gasteiger partial charge in [0.05, 0.1) is 24.1 Å². The number of fused-ring (bicyclic) bond motifs is 5. The summed E-state index contributed by atoms with van der Waals surface area (Å²) in [5.74, 6) is 0.146. The van der Waals surface area contributed by atoms with Crippen molar-refractivity contribution in [3.05, 3.63) is 89.4 Å². The maximum atomic E-state index is 13.3. The second-order valence-corrected chi connectivity index (χ2v) is 7.26. The Balaban J connectivity index is 1.42. The minimum Gasteiger partial charge on any atom is -0.467 e. The quantitative estimate of drug-likeness (QED) is 0.712. The maximum Gasteiger partial charge on any atom is 0.260 e. The SMILES string of the molecule is O=C(CCN1C(=O)c2ccccc2N2C(=O)c3ccccc3[C@H]12)NCc1ccco1. The maximum absolute atomic E-state index is 13.3. The number of anilines is 1. The molecule has 1 N–H and O–H groups in total. The van der Waals surface area contributed by atoms with Gasteiger partial charge in [-0.3, -0.25) is 19.3 Å². The number of nitrogens with zero attached hydrogens (tertiary/aromatic N) is 2. The molecule has 2 aliphatic heterocycles. The molecule has 7 nitrogen and oxygen atoms in total. The molecule has 30 heavy (non-hydrogen) atoms. The minimum atomic E-state index is -0.547. The summed E-state index contributed by atoms with van der Waals surface area (Å²) in [6, 6.07) is 17.9. The number of carbonyl (C=O) groups excluding carboxylic acids is 3. The number of furan rings is 1. The smallest absolute Gasteiger partial charge is 0.260 e. The van der Waals surface area contributed by atoms with Crippen LogP contribution < -0.4 is 10.2 Å². The Morgan fingerprint density at radius 1 is 0.933 bits per heavy atom. The van der Waals surface area contributed by atoms with E-state index in [4.69, 9.17) is 4.42 Å². The third-order valence-corrected chi connectivity index (χ3v) is 5.50. The summed E-state index contributed by atoms with van der Waals surface area (Å²) in [6.07, 6.45) is 1.12. The summed E-state index contributed by atoms with van der Waals surface area (Å²) < 4.78 is 5.22. The second-order valence-electron chi connectivity index (χ2n) is 7.26. The van der Waals surface area contributed by atoms with Crippen molar-refractivity contribution in [2.24, 2.45) is 0 Å². The Bertz CT molecular complexity index is 1140. The summed E-state index contributed by atoms with van der Waals surface area (Å²) >= 11 is 0. The molecule has 0 spiro atoms. The molecule has 0 radical (unpaired) electrons. The Hall–Kier alpha value is -3.87. The van der Waals surface area contributed by atoms with E-state index in [2.05, 4.69) is 5.32 Å². The minimum absolute atomic E-state index is 0.120. The van der Waals surface area contributed by atoms with E-state index in [0.29, 0.717) is 29.1 Å². The molecular formula is C23H19N3O4. The van der Waals surface area contributed by atoms with Crippen LogP contribution in [0.1, 0.15) is 44.6 Å². The molecule has 3 aromatic rings. The van der Waals surface area contributed by atoms with Crippen LogP contribution in [0.5, 0.6) is 0 Å². The lowest BCUT2D eigenvalue weighted by Crippen LogP contribution is -2.49. The fraction of sp³-hybridized carbons (Fsp3) is 0.174. The van der Waals surface area contributed by atoms with Crippen LogP contribution in [-0.2, 0) is 11.3 Å². The molecule has 3 heterocycles. The Labute approximate surface area is 172 Å². The third kappa shape index (κ3) is 2.86. The zero-order valence-corrected chi connectivity index (χ0v) is 16.1. The van der Waals surface area contributed by atoms with Gasteiger partial charge in [-0.1, -0.05) is 30.3 Å². The first-order valence-electron chi connectivity index (χ1n) is 9.77. The van der Waals surface area contributed by atoms with Crippen molar-refractivity contribution in [2.45, 2.75) is 19.1 Å². The normalized spacial score (nSPS) is 16.9. The number of amides is 3. The Morgan fingerprint density at radius 2 is 1.70 bits per heavy atom. The summed E-state index contributed by atoms with van der Waals surface area (Å²) in [5, 5.41) is 2.80. The lowest BCUT2D eigenvalue weighted by molar-refractivity contribution is -0.121. The number of hydrogen-bond donors (Lipinski definition) is 1. The van der Waals surface area contributed by atoms with Gasteiger partial charge >= 0.3 is 0 Å². The Morgan fingerprint density at radius 3 is 2.50 bits per heavy atom. The van der Waals surface area contributed by atoms with Crippen molar-refractivity contribution < 1.29 is 18.8 Å². The predicted molar refractivity (Wildman–Crippen MR) is 109 cm³/mol. The first-order chi connectivity index (χ1) is 14.6. The average molecular weight is 401 g/mol. The van der Waals surface area contributed by atoms with Gasteiger partial charge in [0.25, 0.3) is 11.8 Å². The molecule has 3 amide bonds. The van der Waals surface area contributed by atoms with Gasteiger partial charge in [0.2, 0.25) is 5.91 Å². The second kappa shape index (κ2) is 7.18. The predicted octanol–water partition coefficient (Wildman–Crippen LogP) is 3.10. The molecule has 0 fully saturated rings. The van der Waals surface area contributed by atoms with E-state index in [1.165, 1.54) is 0 Å². The van der Waals surface area contributed by atoms with Gasteiger partial charge in [-0.2, -0.15) is 0 Å². The topological polar surface area (TPSA) is 82.9 Å². The van der Waals surface area contributed by atoms with Crippen LogP contribution in [0.2, 0.25) is 0 Å². The van der Waals surface area contributed by atoms with Crippen molar-refractivity contribution >= 4 is 23.4 Å². The van der Waals surface area contributed by atoms with Gasteiger partial charge in [-0.15, -0.1) is 0 Å². The van der Waals surface area contributed by atoms with Crippen LogP contribution in [0.4, 0.5) is 5.69 Å². The van der Waals surface area contributed by atoms with E-state index < -0.39 is 6.17 Å². The fourth-order valence-electron chi connectivity index (χ4n) is 4.11. The van der Waals surface area contributed by atoms with E-state index in [1.807, 2.05) is 24.3 Å². The van der Waals surface area contributed by atoms with Crippen LogP contribution in [0.15, 0.2) is 71.3 Å². The number of hydrogen-bond acceptors (Lipinski definition) is 4. The zero-order valence-electron chi connectivity index (χ0n) is 16.1. The van der Waals surface area contributed by atoms with E-state index in [0.717, 1.165) is 5.56 Å². The monoisotopic (exact) mass is 401 g/mol. The highest BCUT2D eigenvalue weighted by Gasteiger charge is 2.47. The van der Waals surface area contributed by atoms with Crippen molar-refractivity contribution in [2.75, 3.05) is 11.4 Å². The first-order valence-corrected chi connectivity index (χ1v) is 9.77. The molecular weight excluding hydrogens is 382 g/mol. The van der Waals surface area contributed by atoms with Gasteiger partial charge < -0.3 is 14.6 Å². The van der Waals surface area contributed by atoms with Gasteiger partial charge in [0, 0.05) is 24.1 Å². The average Bonchev–Trinajstić information content (AvgIpc) is 3.39. The summed E-state index contributed by atoms with van der Waals surface area (Å²) in [6.45, 7) is 0.486. The van der Waals surface area contributed by atoms with Crippen LogP contribution in [0.3, 0.4) is 0 Å². The molecule has 0 saturated carbocycles. The lowest BCUT2D eigenvalue weighted by atomic mass is 10.0. The van der Waals surface area contributed by atoms with E-state index in [9.17, 15) is 14.4 Å². The van der Waals surface area contributed by atoms with Crippen molar-refractivity contribution in [1.29, 1.82) is 0 Å². The number of benzene rings is 2. The van der Waals surface area contributed by atoms with Crippen LogP contribution in [0.25, 0.3) is 0 Å². The molecule has 2 aromatic carbocycles. The summed E-state index contributed by atoms with van der Waals surface area (Å²) in [4.78, 5) is 42.0. The standard InChI is InChI=1S/C23H19N3O4/c27-20(24-14-15-6-5-13-30-15)11-12-25-21-16-7-1-2-8-17(16)23(29)26(21)19-10-4-3-9-18(19)22(25)28/h1-10,13,21H,11-12,14H2,(H,24,27)/t21-/m1/s1. The molecule has 1 aromatic heterocycles. The number of rotatable bonds is 5. The zero-order chi connectivity index (χ0) is 20.7. The molecule has 150 valence electrons. The van der Waals surface area contributed by atoms with Gasteiger partial charge in [-0.25, -0.2) is 0 Å². The fourth-order valence-corrected chi connectivity index (χ4v) is 4.11. The van der Waals surface area contributed by atoms with Crippen LogP contribution >= 0.6 is 0 Å². The largest absolute Gasteiger partial charge is 0.467 e. The van der Waals surface area contributed by atoms with Gasteiger partial charge in [0.1, 0.15) is 11.9 Å². The molecule has 0 aliphatic carbocycles. The van der Waals surface area contributed by atoms with Gasteiger partial charge in [-0.05, 0) is 30.3 Å². The van der Waals surface area contributed by atoms with Crippen LogP contribution in [0, 0.1) is 0 Å². The van der Waals surface area contributed by atoms with E-state index >= 15 is 0 Å². The lowest BCUT2D eigenvalue weighted by Gasteiger charge is -2.40. The van der Waals surface area contributed by atoms with Gasteiger partial charge in [0.15, 0.2) is 0 Å². The van der Waals surface area contributed by atoms with Crippen molar-refractivity contribution in [1.82, 2.24) is 10.2 Å². The number of nitrogens with one attached hydrogen (secondary N) is 1. The molecule has 5 rings (SSSR count). The highest BCUT2D eigenvalue weighted by molar-refractivity contribution is 6.16. The van der Waals surface area contributed by atoms with E-state index in [1.54, 1.807) is 52.5 Å². The van der Waals surface area contributed by atoms with Crippen molar-refractivity contribution in [3.63, 3.8) is 0 Å². The highest BCUT2D eigenvalue weighted by atomic mass is 16.3. The van der Waals surface area contributed by atoms with Crippen LogP contribution in [-0.4, -0.2) is 29.2 Å².